The van der Waals surface area contributed by atoms with E-state index in [0.717, 1.165) is 5.69 Å². The lowest BCUT2D eigenvalue weighted by Crippen LogP contribution is -2.42. The molecule has 0 aromatic heterocycles. The van der Waals surface area contributed by atoms with Crippen molar-refractivity contribution in [3.8, 4) is 6.07 Å². The Balaban J connectivity index is 2.05. The number of benzene rings is 1. The summed E-state index contributed by atoms with van der Waals surface area (Å²) < 4.78 is 11.1. The van der Waals surface area contributed by atoms with E-state index in [1.54, 1.807) is 6.07 Å². The molecular formula is C17H22N4O4. The first-order chi connectivity index (χ1) is 12.0. The van der Waals surface area contributed by atoms with Gasteiger partial charge in [-0.2, -0.15) is 5.26 Å². The molecule has 25 heavy (non-hydrogen) atoms. The van der Waals surface area contributed by atoms with Crippen molar-refractivity contribution in [3.05, 3.63) is 27.8 Å². The number of hydrogen-bond donors (Lipinski definition) is 0. The number of morpholine rings is 2. The van der Waals surface area contributed by atoms with Crippen molar-refractivity contribution in [3.63, 3.8) is 0 Å². The Kier molecular flexibility index (Phi) is 5.06. The molecule has 0 spiro atoms. The van der Waals surface area contributed by atoms with Gasteiger partial charge in [-0.1, -0.05) is 0 Å². The highest BCUT2D eigenvalue weighted by molar-refractivity contribution is 5.76. The molecule has 0 saturated carbocycles. The average molecular weight is 346 g/mol. The van der Waals surface area contributed by atoms with Crippen molar-refractivity contribution >= 4 is 17.1 Å². The Bertz CT molecular complexity index is 703. The molecule has 1 aromatic carbocycles. The first-order valence-corrected chi connectivity index (χ1v) is 8.45. The third-order valence-corrected chi connectivity index (χ3v) is 4.57. The summed E-state index contributed by atoms with van der Waals surface area (Å²) in [6.07, 6.45) is 0.0762. The first kappa shape index (κ1) is 17.5. The molecule has 0 amide bonds. The Hall–Kier alpha value is -2.37. The van der Waals surface area contributed by atoms with Crippen LogP contribution < -0.4 is 9.80 Å². The van der Waals surface area contributed by atoms with Gasteiger partial charge in [-0.3, -0.25) is 10.1 Å². The van der Waals surface area contributed by atoms with E-state index in [4.69, 9.17) is 9.47 Å². The van der Waals surface area contributed by atoms with Crippen LogP contribution in [0.4, 0.5) is 17.1 Å². The second-order valence-electron chi connectivity index (χ2n) is 6.48. The molecule has 2 aliphatic heterocycles. The highest BCUT2D eigenvalue weighted by Gasteiger charge is 2.30. The maximum atomic E-state index is 11.6. The molecule has 2 atom stereocenters. The predicted molar refractivity (Wildman–Crippen MR) is 93.1 cm³/mol. The van der Waals surface area contributed by atoms with Crippen molar-refractivity contribution in [2.75, 3.05) is 49.2 Å². The topological polar surface area (TPSA) is 91.9 Å². The molecule has 0 radical (unpaired) electrons. The number of anilines is 2. The van der Waals surface area contributed by atoms with E-state index in [2.05, 4.69) is 4.90 Å². The SMILES string of the molecule is C[C@@H]1CN(c2cc(C#N)c([N+](=O)[O-])c(N3CCO[C@H](C)C3)c2)CCO1. The second-order valence-corrected chi connectivity index (χ2v) is 6.48. The zero-order chi connectivity index (χ0) is 18.0. The number of nitrogens with zero attached hydrogens (tertiary/aromatic N) is 4. The largest absolute Gasteiger partial charge is 0.375 e. The summed E-state index contributed by atoms with van der Waals surface area (Å²) in [6, 6.07) is 5.44. The van der Waals surface area contributed by atoms with Gasteiger partial charge >= 0.3 is 5.69 Å². The van der Waals surface area contributed by atoms with Gasteiger partial charge in [0.15, 0.2) is 0 Å². The molecule has 2 saturated heterocycles. The average Bonchev–Trinajstić information content (AvgIpc) is 2.60. The monoisotopic (exact) mass is 346 g/mol. The van der Waals surface area contributed by atoms with Crippen molar-refractivity contribution in [2.24, 2.45) is 0 Å². The van der Waals surface area contributed by atoms with Crippen LogP contribution in [0.15, 0.2) is 12.1 Å². The number of ether oxygens (including phenoxy) is 2. The number of rotatable bonds is 3. The van der Waals surface area contributed by atoms with Gasteiger partial charge in [-0.25, -0.2) is 0 Å². The van der Waals surface area contributed by atoms with E-state index in [-0.39, 0.29) is 23.5 Å². The standard InChI is InChI=1S/C17H22N4O4/c1-12-10-19(3-5-24-12)15-7-14(9-18)17(21(22)23)16(8-15)20-4-6-25-13(2)11-20/h7-8,12-13H,3-6,10-11H2,1-2H3/t12-,13-/m1/s1. The highest BCUT2D eigenvalue weighted by atomic mass is 16.6. The molecule has 0 bridgehead atoms. The maximum Gasteiger partial charge on any atom is 0.310 e. The summed E-state index contributed by atoms with van der Waals surface area (Å²) in [7, 11) is 0. The van der Waals surface area contributed by atoms with Gasteiger partial charge in [-0.05, 0) is 26.0 Å². The van der Waals surface area contributed by atoms with Crippen LogP contribution in [0, 0.1) is 21.4 Å². The lowest BCUT2D eigenvalue weighted by molar-refractivity contribution is -0.384. The summed E-state index contributed by atoms with van der Waals surface area (Å²) in [5.74, 6) is 0. The Morgan fingerprint density at radius 3 is 2.32 bits per heavy atom. The van der Waals surface area contributed by atoms with Gasteiger partial charge in [0, 0.05) is 31.9 Å². The zero-order valence-corrected chi connectivity index (χ0v) is 14.5. The summed E-state index contributed by atoms with van der Waals surface area (Å²) >= 11 is 0. The molecular weight excluding hydrogens is 324 g/mol. The summed E-state index contributed by atoms with van der Waals surface area (Å²) in [6.45, 7) is 7.58. The summed E-state index contributed by atoms with van der Waals surface area (Å²) in [5, 5.41) is 21.1. The molecule has 2 fully saturated rings. The van der Waals surface area contributed by atoms with Gasteiger partial charge < -0.3 is 19.3 Å². The summed E-state index contributed by atoms with van der Waals surface area (Å²) in [4.78, 5) is 15.2. The van der Waals surface area contributed by atoms with Crippen molar-refractivity contribution in [1.82, 2.24) is 0 Å². The third-order valence-electron chi connectivity index (χ3n) is 4.57. The van der Waals surface area contributed by atoms with Crippen LogP contribution in [0.25, 0.3) is 0 Å². The van der Waals surface area contributed by atoms with Crippen LogP contribution in [0.3, 0.4) is 0 Å². The van der Waals surface area contributed by atoms with E-state index in [1.165, 1.54) is 0 Å². The maximum absolute atomic E-state index is 11.6. The molecule has 8 nitrogen and oxygen atoms in total. The Labute approximate surface area is 146 Å². The van der Waals surface area contributed by atoms with Crippen molar-refractivity contribution in [2.45, 2.75) is 26.1 Å². The van der Waals surface area contributed by atoms with Gasteiger partial charge in [-0.15, -0.1) is 0 Å². The molecule has 2 heterocycles. The minimum Gasteiger partial charge on any atom is -0.375 e. The smallest absolute Gasteiger partial charge is 0.310 e. The van der Waals surface area contributed by atoms with Crippen LogP contribution in [-0.2, 0) is 9.47 Å². The van der Waals surface area contributed by atoms with Gasteiger partial charge in [0.25, 0.3) is 0 Å². The van der Waals surface area contributed by atoms with E-state index in [9.17, 15) is 15.4 Å². The van der Waals surface area contributed by atoms with E-state index in [1.807, 2.05) is 30.9 Å². The molecule has 8 heteroatoms. The van der Waals surface area contributed by atoms with E-state index in [0.29, 0.717) is 45.1 Å². The van der Waals surface area contributed by atoms with Gasteiger partial charge in [0.2, 0.25) is 0 Å². The Morgan fingerprint density at radius 2 is 1.76 bits per heavy atom. The number of nitriles is 1. The van der Waals surface area contributed by atoms with Crippen LogP contribution >= 0.6 is 0 Å². The lowest BCUT2D eigenvalue weighted by atomic mass is 10.1. The van der Waals surface area contributed by atoms with Crippen molar-refractivity contribution < 1.29 is 14.4 Å². The Morgan fingerprint density at radius 1 is 1.16 bits per heavy atom. The minimum atomic E-state index is -0.459. The number of nitro benzene ring substituents is 1. The molecule has 3 rings (SSSR count). The molecule has 2 aliphatic rings. The summed E-state index contributed by atoms with van der Waals surface area (Å²) in [5.41, 5.74) is 1.29. The number of hydrogen-bond acceptors (Lipinski definition) is 7. The molecule has 134 valence electrons. The fourth-order valence-electron chi connectivity index (χ4n) is 3.40. The predicted octanol–water partition coefficient (Wildman–Crippen LogP) is 1.92. The van der Waals surface area contributed by atoms with Crippen LogP contribution in [0.5, 0.6) is 0 Å². The second kappa shape index (κ2) is 7.25. The van der Waals surface area contributed by atoms with Gasteiger partial charge in [0.1, 0.15) is 17.3 Å². The zero-order valence-electron chi connectivity index (χ0n) is 14.5. The quantitative estimate of drug-likeness (QED) is 0.610. The minimum absolute atomic E-state index is 0.00838. The third kappa shape index (κ3) is 3.67. The number of nitro groups is 1. The van der Waals surface area contributed by atoms with Crippen LogP contribution in [0.1, 0.15) is 19.4 Å². The molecule has 1 aromatic rings. The van der Waals surface area contributed by atoms with Gasteiger partial charge in [0.05, 0.1) is 30.3 Å². The van der Waals surface area contributed by atoms with Crippen molar-refractivity contribution in [1.29, 1.82) is 5.26 Å². The normalized spacial score (nSPS) is 24.0. The van der Waals surface area contributed by atoms with E-state index >= 15 is 0 Å². The molecule has 0 N–H and O–H groups in total. The van der Waals surface area contributed by atoms with Crippen LogP contribution in [-0.4, -0.2) is 56.5 Å². The van der Waals surface area contributed by atoms with Crippen LogP contribution in [0.2, 0.25) is 0 Å². The lowest BCUT2D eigenvalue weighted by Gasteiger charge is -2.35. The highest BCUT2D eigenvalue weighted by Crippen LogP contribution is 2.37. The molecule has 0 aliphatic carbocycles. The van der Waals surface area contributed by atoms with E-state index < -0.39 is 4.92 Å². The first-order valence-electron chi connectivity index (χ1n) is 8.45. The molecule has 0 unspecified atom stereocenters. The fraction of sp³-hybridized carbons (Fsp3) is 0.588. The fourth-order valence-corrected chi connectivity index (χ4v) is 3.40.